The van der Waals surface area contributed by atoms with Crippen molar-refractivity contribution in [2.45, 2.75) is 52.4 Å². The number of hydrogen-bond acceptors (Lipinski definition) is 5. The number of carbonyl (C=O) groups excluding carboxylic acids is 3. The van der Waals surface area contributed by atoms with Crippen molar-refractivity contribution in [3.8, 4) is 0 Å². The van der Waals surface area contributed by atoms with Crippen LogP contribution in [0.15, 0.2) is 36.4 Å². The first-order chi connectivity index (χ1) is 15.4. The van der Waals surface area contributed by atoms with Crippen molar-refractivity contribution in [1.29, 1.82) is 0 Å². The van der Waals surface area contributed by atoms with Crippen molar-refractivity contribution in [3.63, 3.8) is 0 Å². The highest BCUT2D eigenvalue weighted by atomic mass is 16.6. The largest absolute Gasteiger partial charge is 0.326 e. The lowest BCUT2D eigenvalue weighted by Crippen LogP contribution is -2.30. The molecule has 8 heteroatoms. The molecule has 1 aliphatic rings. The van der Waals surface area contributed by atoms with Crippen LogP contribution >= 0.6 is 0 Å². The standard InChI is InChI=1S/C24H27N3O5/c1-3-16-10-8-11-17(4-2)22(16)25-20(28)14-6-5-7-15-26-23(29)18-12-9-13-19(27(31)32)21(18)24(26)30/h8-13H,3-7,14-15H2,1-2H3,(H,25,28). The minimum Gasteiger partial charge on any atom is -0.326 e. The van der Waals surface area contributed by atoms with Gasteiger partial charge in [0.05, 0.1) is 10.5 Å². The Balaban J connectivity index is 1.50. The molecule has 8 nitrogen and oxygen atoms in total. The molecule has 0 unspecified atom stereocenters. The highest BCUT2D eigenvalue weighted by Crippen LogP contribution is 2.31. The van der Waals surface area contributed by atoms with Gasteiger partial charge in [-0.1, -0.05) is 44.5 Å². The maximum Gasteiger partial charge on any atom is 0.282 e. The molecule has 0 aromatic heterocycles. The van der Waals surface area contributed by atoms with E-state index in [9.17, 15) is 24.5 Å². The molecular formula is C24H27N3O5. The fourth-order valence-electron chi connectivity index (χ4n) is 4.01. The molecule has 3 rings (SSSR count). The van der Waals surface area contributed by atoms with Gasteiger partial charge in [0.15, 0.2) is 0 Å². The quantitative estimate of drug-likeness (QED) is 0.254. The number of rotatable bonds is 10. The van der Waals surface area contributed by atoms with Crippen molar-refractivity contribution in [2.24, 2.45) is 0 Å². The highest BCUT2D eigenvalue weighted by Gasteiger charge is 2.40. The molecule has 1 heterocycles. The number of para-hydroxylation sites is 1. The van der Waals surface area contributed by atoms with Crippen molar-refractivity contribution >= 4 is 29.1 Å². The van der Waals surface area contributed by atoms with E-state index in [0.717, 1.165) is 34.6 Å². The van der Waals surface area contributed by atoms with E-state index in [0.29, 0.717) is 25.7 Å². The molecule has 2 aromatic carbocycles. The molecule has 0 fully saturated rings. The molecule has 168 valence electrons. The Morgan fingerprint density at radius 1 is 0.969 bits per heavy atom. The summed E-state index contributed by atoms with van der Waals surface area (Å²) in [5, 5.41) is 14.2. The lowest BCUT2D eigenvalue weighted by Gasteiger charge is -2.15. The van der Waals surface area contributed by atoms with Gasteiger partial charge in [0.2, 0.25) is 5.91 Å². The highest BCUT2D eigenvalue weighted by molar-refractivity contribution is 6.23. The SMILES string of the molecule is CCc1cccc(CC)c1NC(=O)CCCCCN1C(=O)c2cccc([N+](=O)[O-])c2C1=O. The van der Waals surface area contributed by atoms with Gasteiger partial charge >= 0.3 is 0 Å². The third kappa shape index (κ3) is 4.69. The third-order valence-electron chi connectivity index (χ3n) is 5.72. The zero-order chi connectivity index (χ0) is 23.3. The zero-order valence-corrected chi connectivity index (χ0v) is 18.3. The van der Waals surface area contributed by atoms with Gasteiger partial charge in [-0.3, -0.25) is 29.4 Å². The Kier molecular flexibility index (Phi) is 7.35. The third-order valence-corrected chi connectivity index (χ3v) is 5.72. The molecule has 32 heavy (non-hydrogen) atoms. The fourth-order valence-corrected chi connectivity index (χ4v) is 4.01. The topological polar surface area (TPSA) is 110 Å². The van der Waals surface area contributed by atoms with Crippen molar-refractivity contribution in [1.82, 2.24) is 4.90 Å². The van der Waals surface area contributed by atoms with E-state index in [1.165, 1.54) is 18.2 Å². The maximum atomic E-state index is 12.6. The fraction of sp³-hybridized carbons (Fsp3) is 0.375. The molecule has 0 saturated carbocycles. The summed E-state index contributed by atoms with van der Waals surface area (Å²) >= 11 is 0. The number of aryl methyl sites for hydroxylation is 2. The molecule has 2 aromatic rings. The van der Waals surface area contributed by atoms with E-state index in [-0.39, 0.29) is 29.3 Å². The number of benzene rings is 2. The Bertz CT molecular complexity index is 1040. The molecule has 0 radical (unpaired) electrons. The van der Waals surface area contributed by atoms with Gasteiger partial charge in [-0.05, 0) is 42.9 Å². The van der Waals surface area contributed by atoms with Gasteiger partial charge in [-0.2, -0.15) is 0 Å². The summed E-state index contributed by atoms with van der Waals surface area (Å²) in [4.78, 5) is 49.1. The van der Waals surface area contributed by atoms with Crippen LogP contribution in [0.25, 0.3) is 0 Å². The normalized spacial score (nSPS) is 12.8. The van der Waals surface area contributed by atoms with E-state index in [2.05, 4.69) is 19.2 Å². The Hall–Kier alpha value is -3.55. The van der Waals surface area contributed by atoms with Crippen LogP contribution in [0.2, 0.25) is 0 Å². The first-order valence-electron chi connectivity index (χ1n) is 10.9. The predicted octanol–water partition coefficient (Wildman–Crippen LogP) is 4.51. The minimum atomic E-state index is -0.646. The molecule has 1 aliphatic heterocycles. The Morgan fingerprint density at radius 2 is 1.62 bits per heavy atom. The molecule has 0 aliphatic carbocycles. The molecule has 0 bridgehead atoms. The van der Waals surface area contributed by atoms with Crippen LogP contribution in [0.1, 0.15) is 71.4 Å². The van der Waals surface area contributed by atoms with Crippen molar-refractivity contribution in [3.05, 3.63) is 68.8 Å². The second kappa shape index (κ2) is 10.2. The summed E-state index contributed by atoms with van der Waals surface area (Å²) in [6, 6.07) is 10.1. The summed E-state index contributed by atoms with van der Waals surface area (Å²) in [6.07, 6.45) is 3.81. The number of nitrogens with zero attached hydrogens (tertiary/aromatic N) is 2. The van der Waals surface area contributed by atoms with Gasteiger partial charge in [0, 0.05) is 24.7 Å². The van der Waals surface area contributed by atoms with Crippen LogP contribution in [0.5, 0.6) is 0 Å². The van der Waals surface area contributed by atoms with E-state index in [1.54, 1.807) is 0 Å². The zero-order valence-electron chi connectivity index (χ0n) is 18.3. The number of fused-ring (bicyclic) bond motifs is 1. The average molecular weight is 437 g/mol. The van der Waals surface area contributed by atoms with Crippen LogP contribution in [0, 0.1) is 10.1 Å². The molecule has 0 saturated heterocycles. The number of amides is 3. The Morgan fingerprint density at radius 3 is 2.25 bits per heavy atom. The molecule has 0 spiro atoms. The second-order valence-electron chi connectivity index (χ2n) is 7.74. The van der Waals surface area contributed by atoms with Gasteiger partial charge in [-0.15, -0.1) is 0 Å². The number of nitro groups is 1. The van der Waals surface area contributed by atoms with Gasteiger partial charge < -0.3 is 5.32 Å². The number of carbonyl (C=O) groups is 3. The van der Waals surface area contributed by atoms with Crippen molar-refractivity contribution in [2.75, 3.05) is 11.9 Å². The Labute approximate surface area is 186 Å². The van der Waals surface area contributed by atoms with Crippen molar-refractivity contribution < 1.29 is 19.3 Å². The summed E-state index contributed by atoms with van der Waals surface area (Å²) in [6.45, 7) is 4.28. The smallest absolute Gasteiger partial charge is 0.282 e. The molecule has 1 N–H and O–H groups in total. The summed E-state index contributed by atoms with van der Waals surface area (Å²) in [5.41, 5.74) is 2.71. The van der Waals surface area contributed by atoms with Crippen LogP contribution < -0.4 is 5.32 Å². The summed E-state index contributed by atoms with van der Waals surface area (Å²) < 4.78 is 0. The summed E-state index contributed by atoms with van der Waals surface area (Å²) in [7, 11) is 0. The van der Waals surface area contributed by atoms with Crippen LogP contribution in [-0.4, -0.2) is 34.1 Å². The van der Waals surface area contributed by atoms with Crippen LogP contribution in [-0.2, 0) is 17.6 Å². The number of anilines is 1. The van der Waals surface area contributed by atoms with Crippen LogP contribution in [0.3, 0.4) is 0 Å². The predicted molar refractivity (Wildman–Crippen MR) is 121 cm³/mol. The number of hydrogen-bond donors (Lipinski definition) is 1. The second-order valence-corrected chi connectivity index (χ2v) is 7.74. The molecule has 3 amide bonds. The number of unbranched alkanes of at least 4 members (excludes halogenated alkanes) is 2. The van der Waals surface area contributed by atoms with E-state index in [1.807, 2.05) is 18.2 Å². The van der Waals surface area contributed by atoms with Gasteiger partial charge in [0.1, 0.15) is 5.56 Å². The first kappa shape index (κ1) is 23.1. The minimum absolute atomic E-state index is 0.0584. The summed E-state index contributed by atoms with van der Waals surface area (Å²) in [5.74, 6) is -1.19. The van der Waals surface area contributed by atoms with Crippen LogP contribution in [0.4, 0.5) is 11.4 Å². The monoisotopic (exact) mass is 437 g/mol. The first-order valence-corrected chi connectivity index (χ1v) is 10.9. The van der Waals surface area contributed by atoms with E-state index >= 15 is 0 Å². The average Bonchev–Trinajstić information content (AvgIpc) is 3.03. The van der Waals surface area contributed by atoms with E-state index < -0.39 is 16.7 Å². The maximum absolute atomic E-state index is 12.6. The number of imide groups is 1. The van der Waals surface area contributed by atoms with E-state index in [4.69, 9.17) is 0 Å². The lowest BCUT2D eigenvalue weighted by molar-refractivity contribution is -0.385. The van der Waals surface area contributed by atoms with Gasteiger partial charge in [0.25, 0.3) is 17.5 Å². The number of nitrogens with one attached hydrogen (secondary N) is 1. The number of nitro benzene ring substituents is 1. The van der Waals surface area contributed by atoms with Gasteiger partial charge in [-0.25, -0.2) is 0 Å². The molecule has 0 atom stereocenters. The molecular weight excluding hydrogens is 410 g/mol. The lowest BCUT2D eigenvalue weighted by atomic mass is 10.0.